The molecule has 110 valence electrons. The highest BCUT2D eigenvalue weighted by molar-refractivity contribution is 5.81. The fourth-order valence-corrected chi connectivity index (χ4v) is 2.18. The van der Waals surface area contributed by atoms with Crippen LogP contribution in [0.1, 0.15) is 18.1 Å². The normalized spacial score (nSPS) is 16.9. The number of carbonyl (C=O) groups excluding carboxylic acids is 1. The molecule has 2 rings (SSSR count). The minimum Gasteiger partial charge on any atom is -0.481 e. The van der Waals surface area contributed by atoms with Crippen LogP contribution in [-0.2, 0) is 16.1 Å². The summed E-state index contributed by atoms with van der Waals surface area (Å²) in [5, 5.41) is 0. The summed E-state index contributed by atoms with van der Waals surface area (Å²) in [5.74, 6) is 0.730. The van der Waals surface area contributed by atoms with E-state index in [9.17, 15) is 4.79 Å². The minimum atomic E-state index is -0.500. The van der Waals surface area contributed by atoms with Gasteiger partial charge in [0.15, 0.2) is 6.10 Å². The molecule has 20 heavy (non-hydrogen) atoms. The van der Waals surface area contributed by atoms with Crippen LogP contribution >= 0.6 is 0 Å². The van der Waals surface area contributed by atoms with Gasteiger partial charge in [0.2, 0.25) is 0 Å². The molecule has 1 aromatic carbocycles. The monoisotopic (exact) mass is 278 g/mol. The Kier molecular flexibility index (Phi) is 4.98. The average Bonchev–Trinajstić information content (AvgIpc) is 2.49. The molecule has 0 aromatic heterocycles. The van der Waals surface area contributed by atoms with E-state index >= 15 is 0 Å². The van der Waals surface area contributed by atoms with E-state index in [0.717, 1.165) is 16.9 Å². The molecule has 1 heterocycles. The molecule has 0 saturated carbocycles. The van der Waals surface area contributed by atoms with Crippen LogP contribution < -0.4 is 10.5 Å². The molecule has 1 saturated heterocycles. The van der Waals surface area contributed by atoms with Gasteiger partial charge in [0.05, 0.1) is 13.2 Å². The number of morpholine rings is 1. The van der Waals surface area contributed by atoms with E-state index in [1.807, 2.05) is 25.1 Å². The smallest absolute Gasteiger partial charge is 0.263 e. The number of hydrogen-bond acceptors (Lipinski definition) is 4. The van der Waals surface area contributed by atoms with Gasteiger partial charge in [-0.3, -0.25) is 4.79 Å². The van der Waals surface area contributed by atoms with E-state index < -0.39 is 6.10 Å². The second-order valence-corrected chi connectivity index (χ2v) is 5.00. The van der Waals surface area contributed by atoms with Crippen molar-refractivity contribution in [3.63, 3.8) is 0 Å². The predicted octanol–water partition coefficient (Wildman–Crippen LogP) is 1.08. The second kappa shape index (κ2) is 6.72. The van der Waals surface area contributed by atoms with Gasteiger partial charge in [0.25, 0.3) is 5.91 Å². The van der Waals surface area contributed by atoms with Crippen molar-refractivity contribution in [2.45, 2.75) is 26.5 Å². The Morgan fingerprint density at radius 1 is 1.45 bits per heavy atom. The topological polar surface area (TPSA) is 64.8 Å². The number of amides is 1. The number of benzene rings is 1. The molecule has 1 aliphatic heterocycles. The summed E-state index contributed by atoms with van der Waals surface area (Å²) < 4.78 is 11.1. The first-order valence-corrected chi connectivity index (χ1v) is 6.94. The van der Waals surface area contributed by atoms with Crippen LogP contribution in [0.3, 0.4) is 0 Å². The van der Waals surface area contributed by atoms with Crippen LogP contribution in [0.15, 0.2) is 18.2 Å². The zero-order valence-corrected chi connectivity index (χ0v) is 12.1. The minimum absolute atomic E-state index is 0.00542. The molecule has 1 fully saturated rings. The predicted molar refractivity (Wildman–Crippen MR) is 76.6 cm³/mol. The molecular weight excluding hydrogens is 256 g/mol. The van der Waals surface area contributed by atoms with Crippen LogP contribution in [0.2, 0.25) is 0 Å². The first-order valence-electron chi connectivity index (χ1n) is 6.94. The van der Waals surface area contributed by atoms with Gasteiger partial charge in [0.1, 0.15) is 5.75 Å². The van der Waals surface area contributed by atoms with Crippen molar-refractivity contribution >= 4 is 5.91 Å². The van der Waals surface area contributed by atoms with Gasteiger partial charge in [-0.2, -0.15) is 0 Å². The van der Waals surface area contributed by atoms with Gasteiger partial charge in [-0.1, -0.05) is 12.1 Å². The maximum absolute atomic E-state index is 12.3. The van der Waals surface area contributed by atoms with Crippen LogP contribution in [0.25, 0.3) is 0 Å². The van der Waals surface area contributed by atoms with Crippen molar-refractivity contribution < 1.29 is 14.3 Å². The van der Waals surface area contributed by atoms with Crippen molar-refractivity contribution in [3.05, 3.63) is 29.3 Å². The lowest BCUT2D eigenvalue weighted by Gasteiger charge is -2.29. The first-order chi connectivity index (χ1) is 9.61. The number of ether oxygens (including phenoxy) is 2. The quantitative estimate of drug-likeness (QED) is 0.895. The van der Waals surface area contributed by atoms with E-state index in [0.29, 0.717) is 32.8 Å². The Hall–Kier alpha value is -1.59. The van der Waals surface area contributed by atoms with Gasteiger partial charge in [-0.05, 0) is 31.0 Å². The molecule has 5 heteroatoms. The van der Waals surface area contributed by atoms with Crippen LogP contribution in [-0.4, -0.2) is 43.2 Å². The zero-order valence-electron chi connectivity index (χ0n) is 12.1. The van der Waals surface area contributed by atoms with Gasteiger partial charge >= 0.3 is 0 Å². The Balaban J connectivity index is 2.03. The fourth-order valence-electron chi connectivity index (χ4n) is 2.18. The number of carbonyl (C=O) groups is 1. The summed E-state index contributed by atoms with van der Waals surface area (Å²) in [4.78, 5) is 14.1. The van der Waals surface area contributed by atoms with Crippen molar-refractivity contribution in [1.29, 1.82) is 0 Å². The summed E-state index contributed by atoms with van der Waals surface area (Å²) in [6, 6.07) is 5.83. The Morgan fingerprint density at radius 3 is 2.80 bits per heavy atom. The lowest BCUT2D eigenvalue weighted by molar-refractivity contribution is -0.142. The van der Waals surface area contributed by atoms with E-state index in [4.69, 9.17) is 15.2 Å². The molecule has 1 atom stereocenters. The Morgan fingerprint density at radius 2 is 2.15 bits per heavy atom. The molecule has 1 aromatic rings. The van der Waals surface area contributed by atoms with E-state index in [1.165, 1.54) is 0 Å². The molecule has 0 radical (unpaired) electrons. The van der Waals surface area contributed by atoms with Gasteiger partial charge in [0, 0.05) is 19.6 Å². The average molecular weight is 278 g/mol. The number of nitrogens with two attached hydrogens (primary N) is 1. The number of nitrogens with zero attached hydrogens (tertiary/aromatic N) is 1. The maximum atomic E-state index is 12.3. The van der Waals surface area contributed by atoms with Gasteiger partial charge < -0.3 is 20.1 Å². The van der Waals surface area contributed by atoms with Gasteiger partial charge in [-0.15, -0.1) is 0 Å². The maximum Gasteiger partial charge on any atom is 0.263 e. The molecule has 5 nitrogen and oxygen atoms in total. The third-order valence-corrected chi connectivity index (χ3v) is 3.46. The van der Waals surface area contributed by atoms with E-state index in [1.54, 1.807) is 11.8 Å². The number of rotatable bonds is 4. The highest BCUT2D eigenvalue weighted by atomic mass is 16.5. The highest BCUT2D eigenvalue weighted by Gasteiger charge is 2.24. The van der Waals surface area contributed by atoms with E-state index in [-0.39, 0.29) is 5.91 Å². The molecule has 0 aliphatic carbocycles. The largest absolute Gasteiger partial charge is 0.481 e. The SMILES string of the molecule is Cc1ccc(CN)cc1OC(C)C(=O)N1CCOCC1. The van der Waals surface area contributed by atoms with Crippen LogP contribution in [0.5, 0.6) is 5.75 Å². The lowest BCUT2D eigenvalue weighted by Crippen LogP contribution is -2.46. The molecule has 0 bridgehead atoms. The summed E-state index contributed by atoms with van der Waals surface area (Å²) >= 11 is 0. The van der Waals surface area contributed by atoms with Crippen molar-refractivity contribution in [2.24, 2.45) is 5.73 Å². The first kappa shape index (κ1) is 14.8. The van der Waals surface area contributed by atoms with Crippen LogP contribution in [0.4, 0.5) is 0 Å². The van der Waals surface area contributed by atoms with Crippen LogP contribution in [0, 0.1) is 6.92 Å². The molecule has 1 unspecified atom stereocenters. The molecular formula is C15H22N2O3. The van der Waals surface area contributed by atoms with Crippen molar-refractivity contribution in [1.82, 2.24) is 4.90 Å². The lowest BCUT2D eigenvalue weighted by atomic mass is 10.1. The fraction of sp³-hybridized carbons (Fsp3) is 0.533. The number of aryl methyl sites for hydroxylation is 1. The second-order valence-electron chi connectivity index (χ2n) is 5.00. The molecule has 1 aliphatic rings. The summed E-state index contributed by atoms with van der Waals surface area (Å²) in [6.45, 7) is 6.67. The highest BCUT2D eigenvalue weighted by Crippen LogP contribution is 2.21. The third-order valence-electron chi connectivity index (χ3n) is 3.46. The molecule has 1 amide bonds. The third kappa shape index (κ3) is 3.49. The van der Waals surface area contributed by atoms with Gasteiger partial charge in [-0.25, -0.2) is 0 Å². The molecule has 2 N–H and O–H groups in total. The van der Waals surface area contributed by atoms with E-state index in [2.05, 4.69) is 0 Å². The molecule has 0 spiro atoms. The standard InChI is InChI=1S/C15H22N2O3/c1-11-3-4-13(10-16)9-14(11)20-12(2)15(18)17-5-7-19-8-6-17/h3-4,9,12H,5-8,10,16H2,1-2H3. The summed E-state index contributed by atoms with van der Waals surface area (Å²) in [7, 11) is 0. The zero-order chi connectivity index (χ0) is 14.5. The van der Waals surface area contributed by atoms with Crippen molar-refractivity contribution in [2.75, 3.05) is 26.3 Å². The summed E-state index contributed by atoms with van der Waals surface area (Å²) in [5.41, 5.74) is 7.63. The summed E-state index contributed by atoms with van der Waals surface area (Å²) in [6.07, 6.45) is -0.500. The number of hydrogen-bond donors (Lipinski definition) is 1. The van der Waals surface area contributed by atoms with Crippen molar-refractivity contribution in [3.8, 4) is 5.75 Å². The Labute approximate surface area is 119 Å². The Bertz CT molecular complexity index is 470.